The van der Waals surface area contributed by atoms with E-state index in [4.69, 9.17) is 0 Å². The smallest absolute Gasteiger partial charge is 0.317 e. The second kappa shape index (κ2) is 7.59. The van der Waals surface area contributed by atoms with Crippen LogP contribution in [0, 0.1) is 0 Å². The Morgan fingerprint density at radius 1 is 1.04 bits per heavy atom. The van der Waals surface area contributed by atoms with Gasteiger partial charge in [0, 0.05) is 19.8 Å². The van der Waals surface area contributed by atoms with Crippen molar-refractivity contribution in [1.29, 1.82) is 0 Å². The Labute approximate surface area is 142 Å². The van der Waals surface area contributed by atoms with Crippen molar-refractivity contribution >= 4 is 16.8 Å². The Morgan fingerprint density at radius 2 is 1.83 bits per heavy atom. The van der Waals surface area contributed by atoms with Gasteiger partial charge in [0.05, 0.1) is 12.2 Å². The zero-order chi connectivity index (χ0) is 16.8. The fourth-order valence-electron chi connectivity index (χ4n) is 2.70. The molecule has 3 aromatic rings. The zero-order valence-electron chi connectivity index (χ0n) is 13.8. The highest BCUT2D eigenvalue weighted by Gasteiger charge is 2.09. The number of carbonyl (C=O) groups excluding carboxylic acids is 1. The summed E-state index contributed by atoms with van der Waals surface area (Å²) >= 11 is 0. The predicted molar refractivity (Wildman–Crippen MR) is 96.8 cm³/mol. The number of likely N-dealkylation sites (N-methyl/N-ethyl adjacent to an activating group) is 1. The van der Waals surface area contributed by atoms with Crippen LogP contribution >= 0.6 is 0 Å². The van der Waals surface area contributed by atoms with E-state index in [2.05, 4.69) is 46.7 Å². The molecule has 0 unspecified atom stereocenters. The first kappa shape index (κ1) is 16.0. The van der Waals surface area contributed by atoms with Gasteiger partial charge in [-0.05, 0) is 34.9 Å². The molecule has 0 aliphatic carbocycles. The maximum Gasteiger partial charge on any atom is 0.317 e. The van der Waals surface area contributed by atoms with Crippen molar-refractivity contribution in [3.63, 3.8) is 0 Å². The molecule has 0 saturated carbocycles. The van der Waals surface area contributed by atoms with E-state index in [1.807, 2.05) is 31.3 Å². The Hall–Kier alpha value is -2.88. The monoisotopic (exact) mass is 319 g/mol. The van der Waals surface area contributed by atoms with Gasteiger partial charge < -0.3 is 10.2 Å². The first-order valence-corrected chi connectivity index (χ1v) is 8.09. The van der Waals surface area contributed by atoms with Gasteiger partial charge in [0.2, 0.25) is 0 Å². The highest BCUT2D eigenvalue weighted by atomic mass is 16.2. The highest BCUT2D eigenvalue weighted by Crippen LogP contribution is 2.19. The topological polar surface area (TPSA) is 45.2 Å². The summed E-state index contributed by atoms with van der Waals surface area (Å²) in [6, 6.07) is 20.2. The van der Waals surface area contributed by atoms with Crippen LogP contribution in [0.25, 0.3) is 10.8 Å². The van der Waals surface area contributed by atoms with Crippen LogP contribution in [0.5, 0.6) is 0 Å². The van der Waals surface area contributed by atoms with Crippen LogP contribution in [0.3, 0.4) is 0 Å². The van der Waals surface area contributed by atoms with Crippen molar-refractivity contribution in [1.82, 2.24) is 15.2 Å². The third kappa shape index (κ3) is 3.90. The fourth-order valence-corrected chi connectivity index (χ4v) is 2.70. The molecule has 4 heteroatoms. The lowest BCUT2D eigenvalue weighted by Gasteiger charge is -2.18. The largest absolute Gasteiger partial charge is 0.332 e. The predicted octanol–water partition coefficient (Wildman–Crippen LogP) is 3.62. The number of nitrogens with zero attached hydrogens (tertiary/aromatic N) is 2. The Kier molecular flexibility index (Phi) is 5.06. The lowest BCUT2D eigenvalue weighted by Crippen LogP contribution is -2.38. The molecule has 0 saturated heterocycles. The Morgan fingerprint density at radius 3 is 2.67 bits per heavy atom. The molecule has 0 fully saturated rings. The van der Waals surface area contributed by atoms with Gasteiger partial charge in [-0.1, -0.05) is 48.5 Å². The molecule has 0 atom stereocenters. The van der Waals surface area contributed by atoms with Crippen molar-refractivity contribution in [2.75, 3.05) is 13.6 Å². The molecule has 3 rings (SSSR count). The molecule has 24 heavy (non-hydrogen) atoms. The first-order chi connectivity index (χ1) is 11.7. The molecule has 1 heterocycles. The number of urea groups is 1. The van der Waals surface area contributed by atoms with E-state index in [1.165, 1.54) is 16.3 Å². The standard InChI is InChI=1S/C20H21N3O/c1-23(20(24)22-15-18-10-4-5-13-21-18)14-12-17-9-6-8-16-7-2-3-11-19(16)17/h2-11,13H,12,14-15H2,1H3,(H,22,24). The molecule has 0 bridgehead atoms. The Bertz CT molecular complexity index is 812. The zero-order valence-corrected chi connectivity index (χ0v) is 13.8. The number of hydrogen-bond donors (Lipinski definition) is 1. The number of hydrogen-bond acceptors (Lipinski definition) is 2. The maximum atomic E-state index is 12.2. The summed E-state index contributed by atoms with van der Waals surface area (Å²) in [6.45, 7) is 1.11. The average Bonchev–Trinajstić information content (AvgIpc) is 2.65. The van der Waals surface area contributed by atoms with Crippen molar-refractivity contribution in [2.45, 2.75) is 13.0 Å². The summed E-state index contributed by atoms with van der Waals surface area (Å²) in [7, 11) is 1.82. The van der Waals surface area contributed by atoms with Gasteiger partial charge >= 0.3 is 6.03 Å². The van der Waals surface area contributed by atoms with Crippen LogP contribution in [-0.2, 0) is 13.0 Å². The molecule has 0 radical (unpaired) electrons. The summed E-state index contributed by atoms with van der Waals surface area (Å²) in [5.41, 5.74) is 2.12. The number of pyridine rings is 1. The van der Waals surface area contributed by atoms with Crippen molar-refractivity contribution in [3.8, 4) is 0 Å². The molecular formula is C20H21N3O. The molecule has 0 aliphatic rings. The number of benzene rings is 2. The van der Waals surface area contributed by atoms with Gasteiger partial charge in [-0.3, -0.25) is 4.98 Å². The lowest BCUT2D eigenvalue weighted by atomic mass is 10.0. The van der Waals surface area contributed by atoms with E-state index < -0.39 is 0 Å². The molecule has 1 N–H and O–H groups in total. The molecule has 1 aromatic heterocycles. The second-order valence-corrected chi connectivity index (χ2v) is 5.79. The number of amides is 2. The minimum absolute atomic E-state index is 0.0825. The summed E-state index contributed by atoms with van der Waals surface area (Å²) in [6.07, 6.45) is 2.56. The van der Waals surface area contributed by atoms with Crippen LogP contribution in [0.1, 0.15) is 11.3 Å². The number of carbonyl (C=O) groups is 1. The molecule has 0 spiro atoms. The van der Waals surface area contributed by atoms with Crippen molar-refractivity contribution < 1.29 is 4.79 Å². The SMILES string of the molecule is CN(CCc1cccc2ccccc12)C(=O)NCc1ccccn1. The molecule has 4 nitrogen and oxygen atoms in total. The molecule has 2 amide bonds. The number of fused-ring (bicyclic) bond motifs is 1. The van der Waals surface area contributed by atoms with Crippen LogP contribution in [0.2, 0.25) is 0 Å². The third-order valence-electron chi connectivity index (χ3n) is 4.09. The molecule has 122 valence electrons. The van der Waals surface area contributed by atoms with Gasteiger partial charge in [-0.25, -0.2) is 4.79 Å². The van der Waals surface area contributed by atoms with Crippen molar-refractivity contribution in [3.05, 3.63) is 78.1 Å². The van der Waals surface area contributed by atoms with E-state index in [0.29, 0.717) is 13.1 Å². The van der Waals surface area contributed by atoms with Crippen LogP contribution in [0.15, 0.2) is 66.9 Å². The van der Waals surface area contributed by atoms with Gasteiger partial charge in [-0.2, -0.15) is 0 Å². The number of nitrogens with one attached hydrogen (secondary N) is 1. The highest BCUT2D eigenvalue weighted by molar-refractivity contribution is 5.85. The van der Waals surface area contributed by atoms with E-state index in [-0.39, 0.29) is 6.03 Å². The van der Waals surface area contributed by atoms with Crippen molar-refractivity contribution in [2.24, 2.45) is 0 Å². The van der Waals surface area contributed by atoms with E-state index in [0.717, 1.165) is 12.1 Å². The van der Waals surface area contributed by atoms with E-state index in [1.54, 1.807) is 11.1 Å². The quantitative estimate of drug-likeness (QED) is 0.780. The minimum Gasteiger partial charge on any atom is -0.332 e. The van der Waals surface area contributed by atoms with Gasteiger partial charge in [0.25, 0.3) is 0 Å². The van der Waals surface area contributed by atoms with E-state index in [9.17, 15) is 4.79 Å². The van der Waals surface area contributed by atoms with Crippen LogP contribution in [-0.4, -0.2) is 29.5 Å². The number of aromatic nitrogens is 1. The third-order valence-corrected chi connectivity index (χ3v) is 4.09. The summed E-state index contributed by atoms with van der Waals surface area (Å²) in [5.74, 6) is 0. The summed E-state index contributed by atoms with van der Waals surface area (Å²) < 4.78 is 0. The van der Waals surface area contributed by atoms with Crippen LogP contribution < -0.4 is 5.32 Å². The fraction of sp³-hybridized carbons (Fsp3) is 0.200. The lowest BCUT2D eigenvalue weighted by molar-refractivity contribution is 0.209. The summed E-state index contributed by atoms with van der Waals surface area (Å²) in [5, 5.41) is 5.38. The maximum absolute atomic E-state index is 12.2. The second-order valence-electron chi connectivity index (χ2n) is 5.79. The average molecular weight is 319 g/mol. The minimum atomic E-state index is -0.0825. The molecule has 0 aliphatic heterocycles. The van der Waals surface area contributed by atoms with E-state index >= 15 is 0 Å². The number of rotatable bonds is 5. The normalized spacial score (nSPS) is 10.5. The van der Waals surface area contributed by atoms with Gasteiger partial charge in [0.15, 0.2) is 0 Å². The molecule has 2 aromatic carbocycles. The van der Waals surface area contributed by atoms with Gasteiger partial charge in [-0.15, -0.1) is 0 Å². The first-order valence-electron chi connectivity index (χ1n) is 8.09. The molecular weight excluding hydrogens is 298 g/mol. The van der Waals surface area contributed by atoms with Crippen LogP contribution in [0.4, 0.5) is 4.79 Å². The Balaban J connectivity index is 1.56. The summed E-state index contributed by atoms with van der Waals surface area (Å²) in [4.78, 5) is 18.1. The van der Waals surface area contributed by atoms with Gasteiger partial charge in [0.1, 0.15) is 0 Å².